The highest BCUT2D eigenvalue weighted by molar-refractivity contribution is 5.84. The number of carbonyl (C=O) groups is 2. The van der Waals surface area contributed by atoms with Crippen molar-refractivity contribution in [1.82, 2.24) is 10.2 Å². The molecule has 1 aromatic rings. The van der Waals surface area contributed by atoms with Crippen molar-refractivity contribution in [2.24, 2.45) is 0 Å². The molecule has 0 aromatic heterocycles. The second kappa shape index (κ2) is 6.91. The first-order valence-electron chi connectivity index (χ1n) is 6.48. The molecule has 6 heteroatoms. The predicted molar refractivity (Wildman–Crippen MR) is 72.1 cm³/mol. The number of morpholine rings is 1. The van der Waals surface area contributed by atoms with Crippen LogP contribution in [0.2, 0.25) is 0 Å². The Hall–Kier alpha value is -2.08. The summed E-state index contributed by atoms with van der Waals surface area (Å²) in [6, 6.07) is 7.95. The van der Waals surface area contributed by atoms with Crippen LogP contribution in [0.3, 0.4) is 0 Å². The van der Waals surface area contributed by atoms with Gasteiger partial charge in [0.1, 0.15) is 0 Å². The van der Waals surface area contributed by atoms with E-state index in [2.05, 4.69) is 5.32 Å². The van der Waals surface area contributed by atoms with Crippen molar-refractivity contribution < 1.29 is 19.1 Å². The molecule has 6 nitrogen and oxygen atoms in total. The lowest BCUT2D eigenvalue weighted by Crippen LogP contribution is -2.48. The van der Waals surface area contributed by atoms with Crippen LogP contribution in [0.25, 0.3) is 0 Å². The summed E-state index contributed by atoms with van der Waals surface area (Å²) in [6.45, 7) is 2.08. The van der Waals surface area contributed by atoms with Gasteiger partial charge in [0.05, 0.1) is 20.3 Å². The first kappa shape index (κ1) is 14.3. The normalized spacial score (nSPS) is 16.4. The van der Waals surface area contributed by atoms with Crippen LogP contribution in [-0.4, -0.2) is 50.3 Å². The number of hydrogen-bond acceptors (Lipinski definition) is 4. The average Bonchev–Trinajstić information content (AvgIpc) is 2.53. The molecule has 1 atom stereocenters. The molecule has 0 unspecified atom stereocenters. The van der Waals surface area contributed by atoms with Crippen molar-refractivity contribution in [2.75, 3.05) is 33.4 Å². The van der Waals surface area contributed by atoms with Crippen molar-refractivity contribution >= 4 is 12.0 Å². The number of carbonyl (C=O) groups excluding carboxylic acids is 2. The predicted octanol–water partition coefficient (Wildman–Crippen LogP) is 0.942. The smallest absolute Gasteiger partial charge is 0.333 e. The van der Waals surface area contributed by atoms with E-state index in [-0.39, 0.29) is 6.03 Å². The Morgan fingerprint density at radius 1 is 1.25 bits per heavy atom. The molecule has 1 aliphatic heterocycles. The zero-order valence-corrected chi connectivity index (χ0v) is 11.4. The maximum absolute atomic E-state index is 12.2. The molecule has 1 saturated heterocycles. The SMILES string of the molecule is COC(=O)[C@@H](NC(=O)N1CCOCC1)c1ccccc1. The maximum Gasteiger partial charge on any atom is 0.333 e. The van der Waals surface area contributed by atoms with E-state index in [1.807, 2.05) is 18.2 Å². The van der Waals surface area contributed by atoms with E-state index in [0.29, 0.717) is 31.9 Å². The minimum absolute atomic E-state index is 0.285. The van der Waals surface area contributed by atoms with Gasteiger partial charge in [-0.25, -0.2) is 9.59 Å². The van der Waals surface area contributed by atoms with Gasteiger partial charge < -0.3 is 19.7 Å². The van der Waals surface area contributed by atoms with E-state index in [0.717, 1.165) is 0 Å². The van der Waals surface area contributed by atoms with Crippen LogP contribution < -0.4 is 5.32 Å². The fourth-order valence-electron chi connectivity index (χ4n) is 2.02. The third kappa shape index (κ3) is 3.48. The molecule has 0 bridgehead atoms. The van der Waals surface area contributed by atoms with Crippen LogP contribution in [0.4, 0.5) is 4.79 Å². The molecular formula is C14H18N2O4. The van der Waals surface area contributed by atoms with Crippen LogP contribution in [-0.2, 0) is 14.3 Å². The minimum atomic E-state index is -0.795. The molecule has 1 aromatic carbocycles. The molecule has 0 saturated carbocycles. The number of hydrogen-bond donors (Lipinski definition) is 1. The van der Waals surface area contributed by atoms with E-state index in [1.54, 1.807) is 17.0 Å². The summed E-state index contributed by atoms with van der Waals surface area (Å²) in [5, 5.41) is 2.71. The number of rotatable bonds is 3. The van der Waals surface area contributed by atoms with Gasteiger partial charge in [0.15, 0.2) is 6.04 Å². The second-order valence-corrected chi connectivity index (χ2v) is 4.42. The highest BCUT2D eigenvalue weighted by Gasteiger charge is 2.26. The van der Waals surface area contributed by atoms with Crippen molar-refractivity contribution in [3.8, 4) is 0 Å². The first-order valence-corrected chi connectivity index (χ1v) is 6.48. The highest BCUT2D eigenvalue weighted by atomic mass is 16.5. The number of methoxy groups -OCH3 is 1. The molecule has 1 heterocycles. The van der Waals surface area contributed by atoms with Crippen LogP contribution in [0.15, 0.2) is 30.3 Å². The van der Waals surface area contributed by atoms with Gasteiger partial charge in [-0.15, -0.1) is 0 Å². The quantitative estimate of drug-likeness (QED) is 0.836. The fourth-order valence-corrected chi connectivity index (χ4v) is 2.02. The summed E-state index contributed by atoms with van der Waals surface area (Å²) in [6.07, 6.45) is 0. The zero-order valence-electron chi connectivity index (χ0n) is 11.4. The lowest BCUT2D eigenvalue weighted by atomic mass is 10.1. The molecule has 0 spiro atoms. The molecule has 1 fully saturated rings. The lowest BCUT2D eigenvalue weighted by Gasteiger charge is -2.28. The monoisotopic (exact) mass is 278 g/mol. The van der Waals surface area contributed by atoms with Crippen molar-refractivity contribution in [2.45, 2.75) is 6.04 Å². The molecule has 2 amide bonds. The Bertz CT molecular complexity index is 458. The van der Waals surface area contributed by atoms with Crippen LogP contribution in [0.5, 0.6) is 0 Å². The minimum Gasteiger partial charge on any atom is -0.467 e. The summed E-state index contributed by atoms with van der Waals surface area (Å²) < 4.78 is 9.95. The molecule has 1 N–H and O–H groups in total. The van der Waals surface area contributed by atoms with E-state index < -0.39 is 12.0 Å². The summed E-state index contributed by atoms with van der Waals surface area (Å²) in [5.41, 5.74) is 0.695. The number of ether oxygens (including phenoxy) is 2. The summed E-state index contributed by atoms with van der Waals surface area (Å²) in [4.78, 5) is 25.6. The average molecular weight is 278 g/mol. The number of amides is 2. The zero-order chi connectivity index (χ0) is 14.4. The van der Waals surface area contributed by atoms with E-state index in [4.69, 9.17) is 9.47 Å². The molecule has 108 valence electrons. The largest absolute Gasteiger partial charge is 0.467 e. The van der Waals surface area contributed by atoms with Gasteiger partial charge in [0, 0.05) is 13.1 Å². The molecule has 1 aliphatic rings. The third-order valence-corrected chi connectivity index (χ3v) is 3.14. The van der Waals surface area contributed by atoms with Gasteiger partial charge in [-0.1, -0.05) is 30.3 Å². The second-order valence-electron chi connectivity index (χ2n) is 4.42. The Morgan fingerprint density at radius 3 is 2.50 bits per heavy atom. The van der Waals surface area contributed by atoms with E-state index >= 15 is 0 Å². The van der Waals surface area contributed by atoms with Gasteiger partial charge in [-0.3, -0.25) is 0 Å². The van der Waals surface area contributed by atoms with Gasteiger partial charge in [-0.05, 0) is 5.56 Å². The van der Waals surface area contributed by atoms with E-state index in [1.165, 1.54) is 7.11 Å². The Morgan fingerprint density at radius 2 is 1.90 bits per heavy atom. The van der Waals surface area contributed by atoms with Crippen molar-refractivity contribution in [3.63, 3.8) is 0 Å². The first-order chi connectivity index (χ1) is 9.72. The number of esters is 1. The molecule has 20 heavy (non-hydrogen) atoms. The number of nitrogens with one attached hydrogen (secondary N) is 1. The maximum atomic E-state index is 12.2. The van der Waals surface area contributed by atoms with Crippen LogP contribution in [0, 0.1) is 0 Å². The third-order valence-electron chi connectivity index (χ3n) is 3.14. The Labute approximate surface area is 117 Å². The number of nitrogens with zero attached hydrogens (tertiary/aromatic N) is 1. The molecule has 0 aliphatic carbocycles. The van der Waals surface area contributed by atoms with Gasteiger partial charge in [0.25, 0.3) is 0 Å². The summed E-state index contributed by atoms with van der Waals surface area (Å²) in [5.74, 6) is -0.488. The van der Waals surface area contributed by atoms with Gasteiger partial charge >= 0.3 is 12.0 Å². The number of urea groups is 1. The summed E-state index contributed by atoms with van der Waals surface area (Å²) >= 11 is 0. The van der Waals surface area contributed by atoms with Crippen LogP contribution in [0.1, 0.15) is 11.6 Å². The standard InChI is InChI=1S/C14H18N2O4/c1-19-13(17)12(11-5-3-2-4-6-11)15-14(18)16-7-9-20-10-8-16/h2-6,12H,7-10H2,1H3,(H,15,18)/t12-/m0/s1. The Balaban J connectivity index is 2.08. The van der Waals surface area contributed by atoms with Crippen molar-refractivity contribution in [3.05, 3.63) is 35.9 Å². The van der Waals surface area contributed by atoms with Gasteiger partial charge in [0.2, 0.25) is 0 Å². The van der Waals surface area contributed by atoms with Crippen LogP contribution >= 0.6 is 0 Å². The topological polar surface area (TPSA) is 67.9 Å². The summed E-state index contributed by atoms with van der Waals surface area (Å²) in [7, 11) is 1.30. The molecule has 0 radical (unpaired) electrons. The molecule has 2 rings (SSSR count). The van der Waals surface area contributed by atoms with E-state index in [9.17, 15) is 9.59 Å². The lowest BCUT2D eigenvalue weighted by molar-refractivity contribution is -0.143. The molecular weight excluding hydrogens is 260 g/mol. The fraction of sp³-hybridized carbons (Fsp3) is 0.429. The number of benzene rings is 1. The van der Waals surface area contributed by atoms with Gasteiger partial charge in [-0.2, -0.15) is 0 Å². The highest BCUT2D eigenvalue weighted by Crippen LogP contribution is 2.14. The van der Waals surface area contributed by atoms with Crippen molar-refractivity contribution in [1.29, 1.82) is 0 Å². The Kier molecular flexibility index (Phi) is 4.95.